The minimum atomic E-state index is -4.49. The average molecular weight is 358 g/mol. The van der Waals surface area contributed by atoms with E-state index in [1.165, 1.54) is 10.7 Å². The molecule has 1 aromatic heterocycles. The SMILES string of the molecule is Cc1cc(NC(=O)C2CCC2)n(-c2cc(C(F)(F)F)ccc2Cl)n1. The molecule has 0 spiro atoms. The van der Waals surface area contributed by atoms with Crippen LogP contribution >= 0.6 is 11.6 Å². The molecule has 1 aliphatic rings. The van der Waals surface area contributed by atoms with Crippen molar-refractivity contribution in [1.82, 2.24) is 9.78 Å². The maximum absolute atomic E-state index is 12.9. The summed E-state index contributed by atoms with van der Waals surface area (Å²) in [7, 11) is 0. The van der Waals surface area contributed by atoms with Gasteiger partial charge in [-0.25, -0.2) is 4.68 Å². The smallest absolute Gasteiger partial charge is 0.310 e. The highest BCUT2D eigenvalue weighted by Crippen LogP contribution is 2.34. The van der Waals surface area contributed by atoms with E-state index in [2.05, 4.69) is 10.4 Å². The molecule has 0 unspecified atom stereocenters. The van der Waals surface area contributed by atoms with Crippen molar-refractivity contribution in [3.63, 3.8) is 0 Å². The second kappa shape index (κ2) is 6.12. The molecule has 0 saturated heterocycles. The lowest BCUT2D eigenvalue weighted by molar-refractivity contribution is -0.137. The lowest BCUT2D eigenvalue weighted by atomic mass is 9.85. The number of benzene rings is 1. The van der Waals surface area contributed by atoms with Crippen LogP contribution in [0.4, 0.5) is 19.0 Å². The molecule has 24 heavy (non-hydrogen) atoms. The van der Waals surface area contributed by atoms with Crippen molar-refractivity contribution >= 4 is 23.3 Å². The molecular formula is C16H15ClF3N3O. The fraction of sp³-hybridized carbons (Fsp3) is 0.375. The van der Waals surface area contributed by atoms with Crippen LogP contribution in [0.5, 0.6) is 0 Å². The maximum atomic E-state index is 12.9. The number of aromatic nitrogens is 2. The second-order valence-corrected chi connectivity index (χ2v) is 6.27. The molecule has 128 valence electrons. The van der Waals surface area contributed by atoms with Gasteiger partial charge in [0.15, 0.2) is 0 Å². The van der Waals surface area contributed by atoms with Gasteiger partial charge in [-0.1, -0.05) is 18.0 Å². The van der Waals surface area contributed by atoms with Crippen LogP contribution in [-0.2, 0) is 11.0 Å². The van der Waals surface area contributed by atoms with E-state index >= 15 is 0 Å². The number of carbonyl (C=O) groups is 1. The third-order valence-electron chi connectivity index (χ3n) is 4.06. The Kier molecular flexibility index (Phi) is 4.29. The van der Waals surface area contributed by atoms with E-state index < -0.39 is 11.7 Å². The van der Waals surface area contributed by atoms with Crippen LogP contribution in [0, 0.1) is 12.8 Å². The van der Waals surface area contributed by atoms with Crippen molar-refractivity contribution in [3.8, 4) is 5.69 Å². The van der Waals surface area contributed by atoms with Gasteiger partial charge >= 0.3 is 6.18 Å². The molecule has 4 nitrogen and oxygen atoms in total. The summed E-state index contributed by atoms with van der Waals surface area (Å²) in [6.45, 7) is 1.69. The highest BCUT2D eigenvalue weighted by Gasteiger charge is 2.32. The van der Waals surface area contributed by atoms with Crippen LogP contribution in [0.1, 0.15) is 30.5 Å². The fourth-order valence-corrected chi connectivity index (χ4v) is 2.72. The van der Waals surface area contributed by atoms with E-state index in [9.17, 15) is 18.0 Å². The molecule has 0 aliphatic heterocycles. The van der Waals surface area contributed by atoms with E-state index in [1.54, 1.807) is 13.0 Å². The number of nitrogens with one attached hydrogen (secondary N) is 1. The molecule has 1 amide bonds. The zero-order valence-electron chi connectivity index (χ0n) is 12.8. The molecule has 8 heteroatoms. The minimum absolute atomic E-state index is 0.0503. The molecule has 1 aromatic carbocycles. The number of rotatable bonds is 3. The first-order valence-corrected chi connectivity index (χ1v) is 7.88. The molecule has 2 aromatic rings. The number of amides is 1. The van der Waals surface area contributed by atoms with Crippen molar-refractivity contribution < 1.29 is 18.0 Å². The number of hydrogen-bond donors (Lipinski definition) is 1. The minimum Gasteiger partial charge on any atom is -0.310 e. The summed E-state index contributed by atoms with van der Waals surface area (Å²) >= 11 is 6.06. The Morgan fingerprint density at radius 2 is 2.04 bits per heavy atom. The summed E-state index contributed by atoms with van der Waals surface area (Å²) in [4.78, 5) is 12.1. The van der Waals surface area contributed by atoms with Crippen LogP contribution in [0.2, 0.25) is 5.02 Å². The quantitative estimate of drug-likeness (QED) is 0.873. The van der Waals surface area contributed by atoms with Crippen LogP contribution < -0.4 is 5.32 Å². The number of carbonyl (C=O) groups excluding carboxylic acids is 1. The Morgan fingerprint density at radius 3 is 2.62 bits per heavy atom. The average Bonchev–Trinajstić information content (AvgIpc) is 2.76. The molecule has 1 N–H and O–H groups in total. The van der Waals surface area contributed by atoms with Crippen LogP contribution in [-0.4, -0.2) is 15.7 Å². The van der Waals surface area contributed by atoms with Gasteiger partial charge in [0.05, 0.1) is 22.0 Å². The summed E-state index contributed by atoms with van der Waals surface area (Å²) < 4.78 is 40.1. The molecule has 1 heterocycles. The van der Waals surface area contributed by atoms with Gasteiger partial charge in [-0.2, -0.15) is 18.3 Å². The first-order chi connectivity index (χ1) is 11.3. The van der Waals surface area contributed by atoms with Gasteiger partial charge in [0.1, 0.15) is 5.82 Å². The normalized spacial score (nSPS) is 15.2. The first kappa shape index (κ1) is 16.8. The number of nitrogens with zero attached hydrogens (tertiary/aromatic N) is 2. The second-order valence-electron chi connectivity index (χ2n) is 5.86. The third-order valence-corrected chi connectivity index (χ3v) is 4.38. The Bertz CT molecular complexity index is 781. The van der Waals surface area contributed by atoms with E-state index in [0.717, 1.165) is 31.4 Å². The number of anilines is 1. The van der Waals surface area contributed by atoms with Gasteiger partial charge in [0.25, 0.3) is 0 Å². The van der Waals surface area contributed by atoms with Gasteiger partial charge in [-0.3, -0.25) is 4.79 Å². The van der Waals surface area contributed by atoms with E-state index in [-0.39, 0.29) is 22.5 Å². The lowest BCUT2D eigenvalue weighted by Gasteiger charge is -2.24. The molecule has 0 atom stereocenters. The lowest BCUT2D eigenvalue weighted by Crippen LogP contribution is -2.29. The summed E-state index contributed by atoms with van der Waals surface area (Å²) in [6.07, 6.45) is -1.83. The Labute approximate surface area is 141 Å². The van der Waals surface area contributed by atoms with Crippen molar-refractivity contribution in [2.24, 2.45) is 5.92 Å². The topological polar surface area (TPSA) is 46.9 Å². The predicted octanol–water partition coefficient (Wildman–Crippen LogP) is 4.59. The van der Waals surface area contributed by atoms with Crippen molar-refractivity contribution in [2.75, 3.05) is 5.32 Å². The highest BCUT2D eigenvalue weighted by atomic mass is 35.5. The molecule has 0 bridgehead atoms. The molecule has 1 saturated carbocycles. The van der Waals surface area contributed by atoms with E-state index in [1.807, 2.05) is 0 Å². The largest absolute Gasteiger partial charge is 0.416 e. The monoisotopic (exact) mass is 357 g/mol. The third kappa shape index (κ3) is 3.26. The van der Waals surface area contributed by atoms with Gasteiger partial charge in [0, 0.05) is 12.0 Å². The fourth-order valence-electron chi connectivity index (χ4n) is 2.52. The number of hydrogen-bond acceptors (Lipinski definition) is 2. The van der Waals surface area contributed by atoms with Gasteiger partial charge in [-0.05, 0) is 38.0 Å². The van der Waals surface area contributed by atoms with Gasteiger partial charge in [0.2, 0.25) is 5.91 Å². The molecular weight excluding hydrogens is 343 g/mol. The van der Waals surface area contributed by atoms with Gasteiger partial charge in [-0.15, -0.1) is 0 Å². The maximum Gasteiger partial charge on any atom is 0.416 e. The summed E-state index contributed by atoms with van der Waals surface area (Å²) in [5, 5.41) is 7.03. The van der Waals surface area contributed by atoms with Crippen LogP contribution in [0.25, 0.3) is 5.69 Å². The zero-order chi connectivity index (χ0) is 17.5. The van der Waals surface area contributed by atoms with Crippen LogP contribution in [0.15, 0.2) is 24.3 Å². The Morgan fingerprint density at radius 1 is 1.33 bits per heavy atom. The molecule has 1 fully saturated rings. The summed E-state index contributed by atoms with van der Waals surface area (Å²) in [6, 6.07) is 4.62. The van der Waals surface area contributed by atoms with Gasteiger partial charge < -0.3 is 5.32 Å². The molecule has 1 aliphatic carbocycles. The van der Waals surface area contributed by atoms with Crippen LogP contribution in [0.3, 0.4) is 0 Å². The Hall–Kier alpha value is -2.02. The van der Waals surface area contributed by atoms with Crippen molar-refractivity contribution in [2.45, 2.75) is 32.4 Å². The van der Waals surface area contributed by atoms with E-state index in [4.69, 9.17) is 11.6 Å². The number of aryl methyl sites for hydroxylation is 1. The molecule has 3 rings (SSSR count). The predicted molar refractivity (Wildman–Crippen MR) is 84.3 cm³/mol. The van der Waals surface area contributed by atoms with Crippen molar-refractivity contribution in [1.29, 1.82) is 0 Å². The summed E-state index contributed by atoms with van der Waals surface area (Å²) in [5.74, 6) is 0.113. The number of halogens is 4. The number of alkyl halides is 3. The molecule has 0 radical (unpaired) electrons. The zero-order valence-corrected chi connectivity index (χ0v) is 13.6. The Balaban J connectivity index is 1.98. The van der Waals surface area contributed by atoms with Crippen molar-refractivity contribution in [3.05, 3.63) is 40.5 Å². The standard InChI is InChI=1S/C16H15ClF3N3O/c1-9-7-14(21-15(24)10-3-2-4-10)23(22-9)13-8-11(16(18,19)20)5-6-12(13)17/h5-8,10H,2-4H2,1H3,(H,21,24). The summed E-state index contributed by atoms with van der Waals surface area (Å²) in [5.41, 5.74) is -0.192. The highest BCUT2D eigenvalue weighted by molar-refractivity contribution is 6.32. The first-order valence-electron chi connectivity index (χ1n) is 7.50. The van der Waals surface area contributed by atoms with E-state index in [0.29, 0.717) is 11.5 Å².